The molecule has 0 amide bonds. The molecular weight excluding hydrogens is 194 g/mol. The second kappa shape index (κ2) is 4.03. The van der Waals surface area contributed by atoms with E-state index in [1.807, 2.05) is 0 Å². The van der Waals surface area contributed by atoms with Gasteiger partial charge < -0.3 is 5.21 Å². The average Bonchev–Trinajstić information content (AvgIpc) is 2.18. The van der Waals surface area contributed by atoms with Crippen molar-refractivity contribution in [1.82, 2.24) is 5.06 Å². The van der Waals surface area contributed by atoms with Gasteiger partial charge in [0.05, 0.1) is 4.87 Å². The number of hydrogen-bond donors (Lipinski definition) is 2. The lowest BCUT2D eigenvalue weighted by atomic mass is 9.68. The molecule has 3 heteroatoms. The Labute approximate surface area is 92.0 Å². The molecule has 2 aliphatic carbocycles. The van der Waals surface area contributed by atoms with Crippen molar-refractivity contribution in [2.45, 2.75) is 49.8 Å². The highest BCUT2D eigenvalue weighted by atomic mass is 32.1. The van der Waals surface area contributed by atoms with Gasteiger partial charge in [-0.15, -0.1) is 0 Å². The van der Waals surface area contributed by atoms with E-state index in [2.05, 4.69) is 0 Å². The van der Waals surface area contributed by atoms with Crippen LogP contribution in [0.15, 0.2) is 0 Å². The van der Waals surface area contributed by atoms with Crippen molar-refractivity contribution in [3.63, 3.8) is 0 Å². The van der Waals surface area contributed by atoms with Crippen LogP contribution < -0.4 is 0 Å². The Hall–Kier alpha value is 0.270. The molecule has 0 aliphatic heterocycles. The first-order chi connectivity index (χ1) is 6.64. The quantitative estimate of drug-likeness (QED) is 0.399. The fourth-order valence-corrected chi connectivity index (χ4v) is 3.87. The number of hydrogen-bond acceptors (Lipinski definition) is 3. The fraction of sp³-hybridized carbons (Fsp3) is 1.00. The second-order valence-electron chi connectivity index (χ2n) is 4.95. The summed E-state index contributed by atoms with van der Waals surface area (Å²) in [4.78, 5) is -0.247. The minimum Gasteiger partial charge on any atom is -0.313 e. The molecule has 0 heterocycles. The van der Waals surface area contributed by atoms with Gasteiger partial charge in [-0.25, -0.2) is 0 Å². The summed E-state index contributed by atoms with van der Waals surface area (Å²) in [5.74, 6) is 1.41. The van der Waals surface area contributed by atoms with Crippen LogP contribution in [0.2, 0.25) is 0 Å². The molecule has 0 spiro atoms. The van der Waals surface area contributed by atoms with Gasteiger partial charge in [-0.3, -0.25) is 0 Å². The first-order valence-corrected chi connectivity index (χ1v) is 6.24. The van der Waals surface area contributed by atoms with E-state index in [1.165, 1.54) is 43.6 Å². The van der Waals surface area contributed by atoms with Crippen molar-refractivity contribution in [3.05, 3.63) is 0 Å². The summed E-state index contributed by atoms with van der Waals surface area (Å²) in [5.41, 5.74) is 0. The molecule has 0 aromatic rings. The molecule has 0 aromatic carbocycles. The first kappa shape index (κ1) is 10.8. The molecule has 3 unspecified atom stereocenters. The molecule has 2 fully saturated rings. The molecule has 2 saturated carbocycles. The number of nitrogens with zero attached hydrogens (tertiary/aromatic N) is 1. The lowest BCUT2D eigenvalue weighted by Crippen LogP contribution is -2.51. The minimum atomic E-state index is -0.247. The van der Waals surface area contributed by atoms with Crippen LogP contribution in [0.25, 0.3) is 0 Å². The molecule has 2 aliphatic rings. The lowest BCUT2D eigenvalue weighted by molar-refractivity contribution is -0.156. The maximum absolute atomic E-state index is 9.73. The Kier molecular flexibility index (Phi) is 3.10. The standard InChI is InChI=1S/C11H21NOS/c1-12(13)11(14)8-4-6-9-5-2-3-7-10(9)11/h9-10,13-14H,2-8H2,1H3. The Balaban J connectivity index is 2.15. The summed E-state index contributed by atoms with van der Waals surface area (Å²) in [6, 6.07) is 0. The van der Waals surface area contributed by atoms with Crippen LogP contribution in [-0.2, 0) is 0 Å². The fourth-order valence-electron chi connectivity index (χ4n) is 3.37. The van der Waals surface area contributed by atoms with Crippen LogP contribution in [0.4, 0.5) is 0 Å². The Morgan fingerprint density at radius 1 is 1.21 bits per heavy atom. The Bertz CT molecular complexity index is 207. The van der Waals surface area contributed by atoms with Gasteiger partial charge in [0.15, 0.2) is 0 Å². The molecule has 3 atom stereocenters. The van der Waals surface area contributed by atoms with Crippen LogP contribution in [0.3, 0.4) is 0 Å². The van der Waals surface area contributed by atoms with Gasteiger partial charge in [-0.05, 0) is 31.1 Å². The van der Waals surface area contributed by atoms with E-state index in [4.69, 9.17) is 12.6 Å². The summed E-state index contributed by atoms with van der Waals surface area (Å²) >= 11 is 4.74. The third-order valence-corrected chi connectivity index (χ3v) is 5.03. The van der Waals surface area contributed by atoms with Gasteiger partial charge in [0.1, 0.15) is 0 Å². The molecule has 1 N–H and O–H groups in total. The topological polar surface area (TPSA) is 23.5 Å². The SMILES string of the molecule is CN(O)C1(S)CCCC2CCCCC21. The number of thiol groups is 1. The lowest BCUT2D eigenvalue weighted by Gasteiger charge is -2.49. The summed E-state index contributed by atoms with van der Waals surface area (Å²) in [5, 5.41) is 11.1. The second-order valence-corrected chi connectivity index (χ2v) is 5.72. The highest BCUT2D eigenvalue weighted by Crippen LogP contribution is 2.49. The van der Waals surface area contributed by atoms with Gasteiger partial charge >= 0.3 is 0 Å². The van der Waals surface area contributed by atoms with E-state index in [9.17, 15) is 5.21 Å². The maximum atomic E-state index is 9.73. The zero-order valence-corrected chi connectivity index (χ0v) is 9.84. The first-order valence-electron chi connectivity index (χ1n) is 5.79. The van der Waals surface area contributed by atoms with Gasteiger partial charge in [0, 0.05) is 7.05 Å². The highest BCUT2D eigenvalue weighted by Gasteiger charge is 2.46. The molecule has 2 nitrogen and oxygen atoms in total. The van der Waals surface area contributed by atoms with E-state index in [-0.39, 0.29) is 4.87 Å². The maximum Gasteiger partial charge on any atom is 0.0909 e. The summed E-state index contributed by atoms with van der Waals surface area (Å²) < 4.78 is 0. The van der Waals surface area contributed by atoms with Crippen LogP contribution in [0.1, 0.15) is 44.9 Å². The summed E-state index contributed by atoms with van der Waals surface area (Å²) in [6.45, 7) is 0. The Morgan fingerprint density at radius 3 is 2.57 bits per heavy atom. The largest absolute Gasteiger partial charge is 0.313 e. The van der Waals surface area contributed by atoms with Crippen molar-refractivity contribution >= 4 is 12.6 Å². The molecule has 14 heavy (non-hydrogen) atoms. The van der Waals surface area contributed by atoms with E-state index in [0.29, 0.717) is 5.92 Å². The van der Waals surface area contributed by atoms with Gasteiger partial charge in [-0.2, -0.15) is 17.7 Å². The molecule has 0 radical (unpaired) electrons. The molecule has 0 bridgehead atoms. The van der Waals surface area contributed by atoms with E-state index >= 15 is 0 Å². The van der Waals surface area contributed by atoms with Crippen molar-refractivity contribution < 1.29 is 5.21 Å². The van der Waals surface area contributed by atoms with E-state index < -0.39 is 0 Å². The number of rotatable bonds is 1. The molecular formula is C11H21NOS. The minimum absolute atomic E-state index is 0.247. The molecule has 2 rings (SSSR count). The van der Waals surface area contributed by atoms with Crippen LogP contribution in [0.5, 0.6) is 0 Å². The normalized spacial score (nSPS) is 43.7. The van der Waals surface area contributed by atoms with Crippen molar-refractivity contribution in [2.75, 3.05) is 7.05 Å². The summed E-state index contributed by atoms with van der Waals surface area (Å²) in [6.07, 6.45) is 8.89. The van der Waals surface area contributed by atoms with Gasteiger partial charge in [0.2, 0.25) is 0 Å². The zero-order chi connectivity index (χ0) is 10.2. The number of hydroxylamine groups is 2. The number of fused-ring (bicyclic) bond motifs is 1. The van der Waals surface area contributed by atoms with Crippen LogP contribution >= 0.6 is 12.6 Å². The monoisotopic (exact) mass is 215 g/mol. The smallest absolute Gasteiger partial charge is 0.0909 e. The van der Waals surface area contributed by atoms with Crippen molar-refractivity contribution in [2.24, 2.45) is 11.8 Å². The molecule has 0 saturated heterocycles. The van der Waals surface area contributed by atoms with Crippen molar-refractivity contribution in [3.8, 4) is 0 Å². The highest BCUT2D eigenvalue weighted by molar-refractivity contribution is 7.81. The Morgan fingerprint density at radius 2 is 1.86 bits per heavy atom. The van der Waals surface area contributed by atoms with Crippen molar-refractivity contribution in [1.29, 1.82) is 0 Å². The molecule has 0 aromatic heterocycles. The van der Waals surface area contributed by atoms with Gasteiger partial charge in [-0.1, -0.05) is 25.7 Å². The van der Waals surface area contributed by atoms with Crippen LogP contribution in [-0.4, -0.2) is 22.2 Å². The predicted octanol–water partition coefficient (Wildman–Crippen LogP) is 2.92. The van der Waals surface area contributed by atoms with Gasteiger partial charge in [0.25, 0.3) is 0 Å². The third-order valence-electron chi connectivity index (χ3n) is 4.18. The average molecular weight is 215 g/mol. The predicted molar refractivity (Wildman–Crippen MR) is 60.6 cm³/mol. The van der Waals surface area contributed by atoms with Crippen LogP contribution in [0, 0.1) is 11.8 Å². The molecule has 82 valence electrons. The third kappa shape index (κ3) is 1.70. The van der Waals surface area contributed by atoms with E-state index in [0.717, 1.165) is 12.3 Å². The summed E-state index contributed by atoms with van der Waals surface area (Å²) in [7, 11) is 1.75. The zero-order valence-electron chi connectivity index (χ0n) is 8.95. The van der Waals surface area contributed by atoms with E-state index in [1.54, 1.807) is 7.05 Å².